The zero-order chi connectivity index (χ0) is 16.9. The summed E-state index contributed by atoms with van der Waals surface area (Å²) in [4.78, 5) is 4.63. The first-order chi connectivity index (χ1) is 11.8. The lowest BCUT2D eigenvalue weighted by molar-refractivity contribution is 0.355. The van der Waals surface area contributed by atoms with Gasteiger partial charge in [-0.1, -0.05) is 24.3 Å². The van der Waals surface area contributed by atoms with Crippen molar-refractivity contribution in [2.75, 3.05) is 21.3 Å². The van der Waals surface area contributed by atoms with E-state index in [1.807, 2.05) is 60.8 Å². The lowest BCUT2D eigenvalue weighted by atomic mass is 10.1. The molecular weight excluding hydrogens is 302 g/mol. The summed E-state index contributed by atoms with van der Waals surface area (Å²) in [6.45, 7) is 0. The molecular formula is C20H19NO3. The number of rotatable bonds is 5. The Bertz CT molecular complexity index is 887. The topological polar surface area (TPSA) is 40.0 Å². The van der Waals surface area contributed by atoms with Crippen molar-refractivity contribution >= 4 is 22.7 Å². The highest BCUT2D eigenvalue weighted by atomic mass is 16.5. The standard InChI is InChI=1S/C20H19NO3/c1-22-18-11-9-17(15-6-4-5-7-16(15)18)21-13-14-8-10-19(23-2)20(12-14)24-3/h4-13H,1-3H3. The van der Waals surface area contributed by atoms with Crippen LogP contribution in [0.4, 0.5) is 5.69 Å². The molecule has 0 N–H and O–H groups in total. The number of methoxy groups -OCH3 is 3. The van der Waals surface area contributed by atoms with Crippen LogP contribution in [0.2, 0.25) is 0 Å². The first-order valence-electron chi connectivity index (χ1n) is 7.58. The molecule has 4 heteroatoms. The van der Waals surface area contributed by atoms with Gasteiger partial charge in [0.15, 0.2) is 11.5 Å². The van der Waals surface area contributed by atoms with Crippen LogP contribution in [0.3, 0.4) is 0 Å². The van der Waals surface area contributed by atoms with Crippen LogP contribution in [0.1, 0.15) is 5.56 Å². The molecule has 24 heavy (non-hydrogen) atoms. The van der Waals surface area contributed by atoms with E-state index in [1.54, 1.807) is 21.3 Å². The van der Waals surface area contributed by atoms with Gasteiger partial charge in [0.1, 0.15) is 5.75 Å². The second-order valence-electron chi connectivity index (χ2n) is 5.21. The number of nitrogens with zero attached hydrogens (tertiary/aromatic N) is 1. The summed E-state index contributed by atoms with van der Waals surface area (Å²) in [6.07, 6.45) is 1.82. The molecule has 0 amide bonds. The van der Waals surface area contributed by atoms with E-state index in [9.17, 15) is 0 Å². The lowest BCUT2D eigenvalue weighted by Crippen LogP contribution is -1.92. The molecule has 0 aliphatic rings. The molecule has 3 aromatic rings. The fraction of sp³-hybridized carbons (Fsp3) is 0.150. The van der Waals surface area contributed by atoms with Gasteiger partial charge in [-0.05, 0) is 35.9 Å². The largest absolute Gasteiger partial charge is 0.496 e. The van der Waals surface area contributed by atoms with Crippen LogP contribution in [-0.4, -0.2) is 27.5 Å². The summed E-state index contributed by atoms with van der Waals surface area (Å²) in [7, 11) is 4.92. The van der Waals surface area contributed by atoms with Crippen molar-refractivity contribution in [1.82, 2.24) is 0 Å². The summed E-state index contributed by atoms with van der Waals surface area (Å²) in [6, 6.07) is 17.7. The highest BCUT2D eigenvalue weighted by molar-refractivity contribution is 5.98. The maximum atomic E-state index is 5.42. The van der Waals surface area contributed by atoms with Crippen molar-refractivity contribution in [3.63, 3.8) is 0 Å². The zero-order valence-electron chi connectivity index (χ0n) is 13.9. The molecule has 0 aromatic heterocycles. The van der Waals surface area contributed by atoms with Gasteiger partial charge in [-0.25, -0.2) is 0 Å². The van der Waals surface area contributed by atoms with Crippen molar-refractivity contribution < 1.29 is 14.2 Å². The van der Waals surface area contributed by atoms with Gasteiger partial charge in [-0.15, -0.1) is 0 Å². The molecule has 0 bridgehead atoms. The Kier molecular flexibility index (Phi) is 4.66. The Morgan fingerprint density at radius 1 is 0.708 bits per heavy atom. The van der Waals surface area contributed by atoms with E-state index in [0.29, 0.717) is 11.5 Å². The van der Waals surface area contributed by atoms with Gasteiger partial charge in [0, 0.05) is 17.0 Å². The van der Waals surface area contributed by atoms with Crippen molar-refractivity contribution in [2.24, 2.45) is 4.99 Å². The highest BCUT2D eigenvalue weighted by Crippen LogP contribution is 2.33. The van der Waals surface area contributed by atoms with Gasteiger partial charge in [0.25, 0.3) is 0 Å². The van der Waals surface area contributed by atoms with E-state index in [4.69, 9.17) is 14.2 Å². The molecule has 0 heterocycles. The molecule has 0 saturated carbocycles. The monoisotopic (exact) mass is 321 g/mol. The predicted octanol–water partition coefficient (Wildman–Crippen LogP) is 4.62. The van der Waals surface area contributed by atoms with Gasteiger partial charge >= 0.3 is 0 Å². The summed E-state index contributed by atoms with van der Waals surface area (Å²) in [5.41, 5.74) is 1.83. The Balaban J connectivity index is 1.99. The fourth-order valence-corrected chi connectivity index (χ4v) is 2.62. The first-order valence-corrected chi connectivity index (χ1v) is 7.58. The van der Waals surface area contributed by atoms with Crippen molar-refractivity contribution in [2.45, 2.75) is 0 Å². The van der Waals surface area contributed by atoms with Gasteiger partial charge < -0.3 is 14.2 Å². The lowest BCUT2D eigenvalue weighted by Gasteiger charge is -2.08. The van der Waals surface area contributed by atoms with Crippen LogP contribution >= 0.6 is 0 Å². The van der Waals surface area contributed by atoms with E-state index in [0.717, 1.165) is 27.8 Å². The van der Waals surface area contributed by atoms with E-state index < -0.39 is 0 Å². The maximum Gasteiger partial charge on any atom is 0.161 e. The third kappa shape index (κ3) is 3.04. The fourth-order valence-electron chi connectivity index (χ4n) is 2.62. The number of fused-ring (bicyclic) bond motifs is 1. The van der Waals surface area contributed by atoms with Gasteiger partial charge in [-0.2, -0.15) is 0 Å². The molecule has 0 spiro atoms. The highest BCUT2D eigenvalue weighted by Gasteiger charge is 2.06. The molecule has 0 radical (unpaired) electrons. The molecule has 0 unspecified atom stereocenters. The molecule has 3 aromatic carbocycles. The molecule has 0 aliphatic carbocycles. The number of hydrogen-bond acceptors (Lipinski definition) is 4. The molecule has 0 fully saturated rings. The van der Waals surface area contributed by atoms with E-state index >= 15 is 0 Å². The molecule has 3 rings (SSSR count). The van der Waals surface area contributed by atoms with Crippen LogP contribution in [0, 0.1) is 0 Å². The number of aliphatic imine (C=N–C) groups is 1. The normalized spacial score (nSPS) is 11.0. The first kappa shape index (κ1) is 15.9. The Hall–Kier alpha value is -3.01. The molecule has 122 valence electrons. The minimum Gasteiger partial charge on any atom is -0.496 e. The maximum absolute atomic E-state index is 5.42. The summed E-state index contributed by atoms with van der Waals surface area (Å²) in [5, 5.41) is 2.09. The smallest absolute Gasteiger partial charge is 0.161 e. The summed E-state index contributed by atoms with van der Waals surface area (Å²) in [5.74, 6) is 2.22. The number of ether oxygens (including phenoxy) is 3. The van der Waals surface area contributed by atoms with Crippen molar-refractivity contribution in [1.29, 1.82) is 0 Å². The quantitative estimate of drug-likeness (QED) is 0.644. The second-order valence-corrected chi connectivity index (χ2v) is 5.21. The van der Waals surface area contributed by atoms with Crippen molar-refractivity contribution in [3.05, 3.63) is 60.2 Å². The number of hydrogen-bond donors (Lipinski definition) is 0. The van der Waals surface area contributed by atoms with E-state index in [-0.39, 0.29) is 0 Å². The molecule has 0 atom stereocenters. The van der Waals surface area contributed by atoms with Crippen LogP contribution in [0.25, 0.3) is 10.8 Å². The third-order valence-electron chi connectivity index (χ3n) is 3.84. The van der Waals surface area contributed by atoms with Crippen LogP contribution in [-0.2, 0) is 0 Å². The Labute approximate surface area is 141 Å². The van der Waals surface area contributed by atoms with E-state index in [2.05, 4.69) is 4.99 Å². The molecule has 4 nitrogen and oxygen atoms in total. The Morgan fingerprint density at radius 3 is 2.08 bits per heavy atom. The van der Waals surface area contributed by atoms with Crippen LogP contribution in [0.15, 0.2) is 59.6 Å². The summed E-state index contributed by atoms with van der Waals surface area (Å²) >= 11 is 0. The predicted molar refractivity (Wildman–Crippen MR) is 97.3 cm³/mol. The second kappa shape index (κ2) is 7.04. The zero-order valence-corrected chi connectivity index (χ0v) is 13.9. The Morgan fingerprint density at radius 2 is 1.38 bits per heavy atom. The summed E-state index contributed by atoms with van der Waals surface area (Å²) < 4.78 is 16.0. The molecule has 0 aliphatic heterocycles. The van der Waals surface area contributed by atoms with Crippen LogP contribution in [0.5, 0.6) is 17.2 Å². The minimum absolute atomic E-state index is 0.682. The van der Waals surface area contributed by atoms with Crippen molar-refractivity contribution in [3.8, 4) is 17.2 Å². The van der Waals surface area contributed by atoms with Crippen LogP contribution < -0.4 is 14.2 Å². The average Bonchev–Trinajstić information content (AvgIpc) is 2.65. The minimum atomic E-state index is 0.682. The molecule has 0 saturated heterocycles. The van der Waals surface area contributed by atoms with Gasteiger partial charge in [0.05, 0.1) is 27.0 Å². The average molecular weight is 321 g/mol. The SMILES string of the molecule is COc1ccc(C=Nc2ccc(OC)c3ccccc23)cc1OC. The van der Waals surface area contributed by atoms with E-state index in [1.165, 1.54) is 0 Å². The third-order valence-corrected chi connectivity index (χ3v) is 3.84. The van der Waals surface area contributed by atoms with Gasteiger partial charge in [-0.3, -0.25) is 4.99 Å². The number of benzene rings is 3. The van der Waals surface area contributed by atoms with Gasteiger partial charge in [0.2, 0.25) is 0 Å².